The van der Waals surface area contributed by atoms with Gasteiger partial charge in [0.2, 0.25) is 0 Å². The summed E-state index contributed by atoms with van der Waals surface area (Å²) in [6, 6.07) is 15.2. The Balaban J connectivity index is 2.10. The Hall–Kier alpha value is -1.84. The largest absolute Gasteiger partial charge is 0.467 e. The van der Waals surface area contributed by atoms with Crippen LogP contribution in [0.2, 0.25) is 5.02 Å². The zero-order valence-electron chi connectivity index (χ0n) is 11.0. The minimum absolute atomic E-state index is 0.244. The van der Waals surface area contributed by atoms with Crippen molar-refractivity contribution in [3.8, 4) is 11.1 Å². The Morgan fingerprint density at radius 1 is 1.10 bits per heavy atom. The summed E-state index contributed by atoms with van der Waals surface area (Å²) in [7, 11) is 1.26. The van der Waals surface area contributed by atoms with E-state index in [1.165, 1.54) is 7.11 Å². The molecule has 0 radical (unpaired) electrons. The van der Waals surface area contributed by atoms with Gasteiger partial charge in [-0.3, -0.25) is 0 Å². The SMILES string of the molecule is COC(=O)C(O)Cc1ccc(-c2ccc(Cl)cc2)cc1. The summed E-state index contributed by atoms with van der Waals surface area (Å²) in [6.07, 6.45) is -0.880. The van der Waals surface area contributed by atoms with E-state index in [0.29, 0.717) is 5.02 Å². The van der Waals surface area contributed by atoms with Crippen molar-refractivity contribution in [2.45, 2.75) is 12.5 Å². The molecule has 4 heteroatoms. The molecule has 1 atom stereocenters. The summed E-state index contributed by atoms with van der Waals surface area (Å²) in [5.74, 6) is -0.619. The molecular formula is C16H15ClO3. The van der Waals surface area contributed by atoms with Gasteiger partial charge in [-0.05, 0) is 28.8 Å². The molecule has 0 amide bonds. The number of ether oxygens (including phenoxy) is 1. The predicted octanol–water partition coefficient (Wildman–Crippen LogP) is 3.08. The molecule has 104 valence electrons. The molecule has 0 saturated heterocycles. The van der Waals surface area contributed by atoms with Gasteiger partial charge in [0.15, 0.2) is 6.10 Å². The van der Waals surface area contributed by atoms with Gasteiger partial charge >= 0.3 is 5.97 Å². The van der Waals surface area contributed by atoms with Gasteiger partial charge in [0.05, 0.1) is 7.11 Å². The summed E-state index contributed by atoms with van der Waals surface area (Å²) in [5.41, 5.74) is 2.99. The number of esters is 1. The molecule has 2 aromatic carbocycles. The van der Waals surface area contributed by atoms with Gasteiger partial charge in [-0.25, -0.2) is 4.79 Å². The van der Waals surface area contributed by atoms with Crippen molar-refractivity contribution >= 4 is 17.6 Å². The van der Waals surface area contributed by atoms with E-state index in [1.54, 1.807) is 0 Å². The molecule has 20 heavy (non-hydrogen) atoms. The normalized spacial score (nSPS) is 11.9. The maximum Gasteiger partial charge on any atom is 0.335 e. The van der Waals surface area contributed by atoms with Crippen LogP contribution in [0.15, 0.2) is 48.5 Å². The molecule has 0 heterocycles. The Labute approximate surface area is 122 Å². The zero-order valence-corrected chi connectivity index (χ0v) is 11.8. The van der Waals surface area contributed by atoms with E-state index in [9.17, 15) is 9.90 Å². The maximum atomic E-state index is 11.2. The number of hydrogen-bond donors (Lipinski definition) is 1. The van der Waals surface area contributed by atoms with E-state index in [1.807, 2.05) is 48.5 Å². The van der Waals surface area contributed by atoms with Gasteiger partial charge < -0.3 is 9.84 Å². The number of methoxy groups -OCH3 is 1. The van der Waals surface area contributed by atoms with E-state index >= 15 is 0 Å². The molecule has 0 aromatic heterocycles. The summed E-state index contributed by atoms with van der Waals surface area (Å²) in [5, 5.41) is 10.3. The Morgan fingerprint density at radius 3 is 2.10 bits per heavy atom. The van der Waals surface area contributed by atoms with Crippen molar-refractivity contribution in [2.24, 2.45) is 0 Å². The molecule has 0 saturated carbocycles. The van der Waals surface area contributed by atoms with Crippen LogP contribution in [0.5, 0.6) is 0 Å². The van der Waals surface area contributed by atoms with Gasteiger partial charge in [0, 0.05) is 11.4 Å². The van der Waals surface area contributed by atoms with Crippen molar-refractivity contribution < 1.29 is 14.6 Å². The average Bonchev–Trinajstić information content (AvgIpc) is 2.48. The van der Waals surface area contributed by atoms with Crippen LogP contribution in [0.25, 0.3) is 11.1 Å². The minimum Gasteiger partial charge on any atom is -0.467 e. The third kappa shape index (κ3) is 3.59. The molecule has 1 unspecified atom stereocenters. The Kier molecular flexibility index (Phi) is 4.77. The molecule has 2 aromatic rings. The molecule has 0 aliphatic heterocycles. The maximum absolute atomic E-state index is 11.2. The molecule has 0 spiro atoms. The van der Waals surface area contributed by atoms with Crippen molar-refractivity contribution in [2.75, 3.05) is 7.11 Å². The summed E-state index contributed by atoms with van der Waals surface area (Å²) >= 11 is 5.85. The summed E-state index contributed by atoms with van der Waals surface area (Å²) in [6.45, 7) is 0. The fraction of sp³-hybridized carbons (Fsp3) is 0.188. The third-order valence-corrected chi connectivity index (χ3v) is 3.29. The quantitative estimate of drug-likeness (QED) is 0.880. The highest BCUT2D eigenvalue weighted by molar-refractivity contribution is 6.30. The van der Waals surface area contributed by atoms with Gasteiger partial charge in [-0.2, -0.15) is 0 Å². The fourth-order valence-corrected chi connectivity index (χ4v) is 2.04. The van der Waals surface area contributed by atoms with E-state index in [4.69, 9.17) is 11.6 Å². The standard InChI is InChI=1S/C16H15ClO3/c1-20-16(19)15(18)10-11-2-4-12(5-3-11)13-6-8-14(17)9-7-13/h2-9,15,18H,10H2,1H3. The van der Waals surface area contributed by atoms with Crippen molar-refractivity contribution in [1.29, 1.82) is 0 Å². The average molecular weight is 291 g/mol. The third-order valence-electron chi connectivity index (χ3n) is 3.03. The number of halogens is 1. The van der Waals surface area contributed by atoms with Gasteiger partial charge in [0.1, 0.15) is 0 Å². The Morgan fingerprint density at radius 2 is 1.60 bits per heavy atom. The van der Waals surface area contributed by atoms with Crippen LogP contribution in [-0.4, -0.2) is 24.3 Å². The number of hydrogen-bond acceptors (Lipinski definition) is 3. The lowest BCUT2D eigenvalue weighted by atomic mass is 10.0. The molecule has 2 rings (SSSR count). The molecular weight excluding hydrogens is 276 g/mol. The van der Waals surface area contributed by atoms with Crippen molar-refractivity contribution in [3.63, 3.8) is 0 Å². The number of carbonyl (C=O) groups is 1. The van der Waals surface area contributed by atoms with Crippen LogP contribution in [0, 0.1) is 0 Å². The zero-order chi connectivity index (χ0) is 14.5. The Bertz CT molecular complexity index is 576. The first kappa shape index (κ1) is 14.6. The fourth-order valence-electron chi connectivity index (χ4n) is 1.92. The number of rotatable bonds is 4. The first-order valence-corrected chi connectivity index (χ1v) is 6.58. The van der Waals surface area contributed by atoms with Crippen LogP contribution in [0.3, 0.4) is 0 Å². The highest BCUT2D eigenvalue weighted by Crippen LogP contribution is 2.22. The first-order chi connectivity index (χ1) is 9.60. The van der Waals surface area contributed by atoms with Crippen LogP contribution in [0.4, 0.5) is 0 Å². The molecule has 0 bridgehead atoms. The molecule has 0 aliphatic rings. The van der Waals surface area contributed by atoms with Crippen molar-refractivity contribution in [1.82, 2.24) is 0 Å². The summed E-state index contributed by atoms with van der Waals surface area (Å²) < 4.78 is 4.49. The number of aliphatic hydroxyl groups is 1. The van der Waals surface area contributed by atoms with E-state index in [0.717, 1.165) is 16.7 Å². The predicted molar refractivity (Wildman–Crippen MR) is 78.6 cm³/mol. The van der Waals surface area contributed by atoms with E-state index in [-0.39, 0.29) is 6.42 Å². The molecule has 0 aliphatic carbocycles. The minimum atomic E-state index is -1.12. The van der Waals surface area contributed by atoms with Crippen LogP contribution in [0.1, 0.15) is 5.56 Å². The summed E-state index contributed by atoms with van der Waals surface area (Å²) in [4.78, 5) is 11.2. The topological polar surface area (TPSA) is 46.5 Å². The monoisotopic (exact) mass is 290 g/mol. The smallest absolute Gasteiger partial charge is 0.335 e. The van der Waals surface area contributed by atoms with Gasteiger partial charge in [-0.1, -0.05) is 48.0 Å². The van der Waals surface area contributed by atoms with Crippen LogP contribution >= 0.6 is 11.6 Å². The second kappa shape index (κ2) is 6.55. The number of carbonyl (C=O) groups excluding carboxylic acids is 1. The highest BCUT2D eigenvalue weighted by atomic mass is 35.5. The van der Waals surface area contributed by atoms with Gasteiger partial charge in [-0.15, -0.1) is 0 Å². The lowest BCUT2D eigenvalue weighted by molar-refractivity contribution is -0.150. The molecule has 1 N–H and O–H groups in total. The lowest BCUT2D eigenvalue weighted by Gasteiger charge is -2.09. The number of benzene rings is 2. The molecule has 0 fully saturated rings. The molecule has 3 nitrogen and oxygen atoms in total. The van der Waals surface area contributed by atoms with E-state index in [2.05, 4.69) is 4.74 Å². The van der Waals surface area contributed by atoms with E-state index < -0.39 is 12.1 Å². The van der Waals surface area contributed by atoms with Crippen LogP contribution in [-0.2, 0) is 16.0 Å². The number of aliphatic hydroxyl groups excluding tert-OH is 1. The van der Waals surface area contributed by atoms with Gasteiger partial charge in [0.25, 0.3) is 0 Å². The second-order valence-electron chi connectivity index (χ2n) is 4.45. The van der Waals surface area contributed by atoms with Crippen molar-refractivity contribution in [3.05, 3.63) is 59.1 Å². The highest BCUT2D eigenvalue weighted by Gasteiger charge is 2.15. The first-order valence-electron chi connectivity index (χ1n) is 6.21. The second-order valence-corrected chi connectivity index (χ2v) is 4.88. The lowest BCUT2D eigenvalue weighted by Crippen LogP contribution is -2.23. The van der Waals surface area contributed by atoms with Crippen LogP contribution < -0.4 is 0 Å².